The van der Waals surface area contributed by atoms with E-state index in [-0.39, 0.29) is 23.8 Å². The lowest BCUT2D eigenvalue weighted by Crippen LogP contribution is -2.51. The largest absolute Gasteiger partial charge is 0.503 e. The van der Waals surface area contributed by atoms with Gasteiger partial charge in [-0.3, -0.25) is 14.4 Å². The number of benzene rings is 1. The van der Waals surface area contributed by atoms with E-state index >= 15 is 0 Å². The summed E-state index contributed by atoms with van der Waals surface area (Å²) in [5.41, 5.74) is -1.68. The first-order valence-electron chi connectivity index (χ1n) is 11.9. The lowest BCUT2D eigenvalue weighted by molar-refractivity contribution is -0.155. The summed E-state index contributed by atoms with van der Waals surface area (Å²) >= 11 is 1.53. The van der Waals surface area contributed by atoms with Gasteiger partial charge < -0.3 is 29.4 Å². The van der Waals surface area contributed by atoms with Crippen LogP contribution in [0.15, 0.2) is 23.1 Å². The fourth-order valence-corrected chi connectivity index (χ4v) is 6.72. The van der Waals surface area contributed by atoms with Crippen LogP contribution in [-0.4, -0.2) is 63.1 Å². The van der Waals surface area contributed by atoms with Gasteiger partial charge in [0.25, 0.3) is 11.8 Å². The van der Waals surface area contributed by atoms with E-state index in [0.717, 1.165) is 12.1 Å². The number of aryl methyl sites for hydroxylation is 1. The van der Waals surface area contributed by atoms with Crippen LogP contribution in [0.1, 0.15) is 57.8 Å². The van der Waals surface area contributed by atoms with Crippen LogP contribution < -0.4 is 10.7 Å². The Bertz CT molecular complexity index is 1330. The topological polar surface area (TPSA) is 110 Å². The second-order valence-corrected chi connectivity index (χ2v) is 10.9. The summed E-state index contributed by atoms with van der Waals surface area (Å²) in [5, 5.41) is 13.2. The molecule has 37 heavy (non-hydrogen) atoms. The molecule has 2 fully saturated rings. The van der Waals surface area contributed by atoms with E-state index in [2.05, 4.69) is 5.32 Å². The number of hydrogen-bond donors (Lipinski definition) is 2. The molecule has 5 rings (SSSR count). The molecule has 1 spiro atoms. The quantitative estimate of drug-likeness (QED) is 0.620. The van der Waals surface area contributed by atoms with Crippen molar-refractivity contribution in [1.29, 1.82) is 0 Å². The van der Waals surface area contributed by atoms with E-state index in [0.29, 0.717) is 24.2 Å². The van der Waals surface area contributed by atoms with Crippen LogP contribution in [0.4, 0.5) is 8.78 Å². The Morgan fingerprint density at radius 2 is 2.03 bits per heavy atom. The van der Waals surface area contributed by atoms with Crippen LogP contribution in [0.5, 0.6) is 5.75 Å². The molecular weight excluding hydrogens is 508 g/mol. The number of fused-ring (bicyclic) bond motifs is 5. The SMILES string of the molecule is CO[C@@H]1CS[C@@]2(CC[C@H](C)N3C[C@H]2n2cc(C(=O)NCc4c(F)cc(C)cc4F)c(=O)c(O)c2C3=O)O1. The van der Waals surface area contributed by atoms with Gasteiger partial charge in [0.2, 0.25) is 5.43 Å². The van der Waals surface area contributed by atoms with Crippen molar-refractivity contribution in [3.63, 3.8) is 0 Å². The van der Waals surface area contributed by atoms with Crippen LogP contribution in [0.2, 0.25) is 0 Å². The van der Waals surface area contributed by atoms with E-state index in [4.69, 9.17) is 9.47 Å². The molecule has 4 heterocycles. The average Bonchev–Trinajstić information content (AvgIpc) is 3.23. The maximum Gasteiger partial charge on any atom is 0.274 e. The number of aromatic hydroxyl groups is 1. The lowest BCUT2D eigenvalue weighted by atomic mass is 10.0. The van der Waals surface area contributed by atoms with Crippen molar-refractivity contribution in [2.75, 3.05) is 19.4 Å². The number of pyridine rings is 1. The molecule has 198 valence electrons. The highest BCUT2D eigenvalue weighted by molar-refractivity contribution is 8.00. The number of nitrogens with one attached hydrogen (secondary N) is 1. The summed E-state index contributed by atoms with van der Waals surface area (Å²) in [6.45, 7) is 3.18. The third-order valence-electron chi connectivity index (χ3n) is 7.34. The molecule has 0 unspecified atom stereocenters. The third kappa shape index (κ3) is 4.20. The smallest absolute Gasteiger partial charge is 0.274 e. The molecule has 2 N–H and O–H groups in total. The average molecular weight is 536 g/mol. The van der Waals surface area contributed by atoms with Crippen LogP contribution in [0.25, 0.3) is 0 Å². The molecule has 0 radical (unpaired) electrons. The first kappa shape index (κ1) is 25.7. The maximum atomic E-state index is 14.3. The molecule has 4 atom stereocenters. The maximum absolute atomic E-state index is 14.3. The number of rotatable bonds is 4. The zero-order chi connectivity index (χ0) is 26.6. The summed E-state index contributed by atoms with van der Waals surface area (Å²) in [6, 6.07) is 1.59. The van der Waals surface area contributed by atoms with Gasteiger partial charge in [0.05, 0.1) is 6.04 Å². The number of carbonyl (C=O) groups excluding carboxylic acids is 2. The zero-order valence-electron chi connectivity index (χ0n) is 20.5. The highest BCUT2D eigenvalue weighted by Crippen LogP contribution is 2.52. The molecule has 0 saturated carbocycles. The van der Waals surface area contributed by atoms with Crippen LogP contribution in [0.3, 0.4) is 0 Å². The summed E-state index contributed by atoms with van der Waals surface area (Å²) in [7, 11) is 1.54. The summed E-state index contributed by atoms with van der Waals surface area (Å²) in [6.07, 6.45) is 1.97. The molecule has 2 bridgehead atoms. The van der Waals surface area contributed by atoms with Crippen LogP contribution in [-0.2, 0) is 16.0 Å². The predicted molar refractivity (Wildman–Crippen MR) is 130 cm³/mol. The fourth-order valence-electron chi connectivity index (χ4n) is 5.28. The second-order valence-electron chi connectivity index (χ2n) is 9.63. The monoisotopic (exact) mass is 535 g/mol. The molecule has 1 aromatic carbocycles. The summed E-state index contributed by atoms with van der Waals surface area (Å²) in [4.78, 5) is 40.2. The Hall–Kier alpha value is -2.96. The van der Waals surface area contributed by atoms with Gasteiger partial charge >= 0.3 is 0 Å². The van der Waals surface area contributed by atoms with Crippen LogP contribution in [0, 0.1) is 18.6 Å². The molecule has 2 amide bonds. The number of methoxy groups -OCH3 is 1. The van der Waals surface area contributed by atoms with E-state index in [1.165, 1.54) is 29.4 Å². The molecule has 1 aromatic heterocycles. The number of nitrogens with zero attached hydrogens (tertiary/aromatic N) is 2. The van der Waals surface area contributed by atoms with Gasteiger partial charge in [0.1, 0.15) is 22.1 Å². The van der Waals surface area contributed by atoms with Crippen molar-refractivity contribution in [1.82, 2.24) is 14.8 Å². The number of ether oxygens (including phenoxy) is 2. The molecule has 2 saturated heterocycles. The molecule has 0 aliphatic carbocycles. The van der Waals surface area contributed by atoms with Gasteiger partial charge in [-0.2, -0.15) is 0 Å². The van der Waals surface area contributed by atoms with E-state index in [1.807, 2.05) is 6.92 Å². The van der Waals surface area contributed by atoms with Gasteiger partial charge in [-0.15, -0.1) is 11.8 Å². The first-order chi connectivity index (χ1) is 17.6. The highest BCUT2D eigenvalue weighted by Gasteiger charge is 2.54. The standard InChI is InChI=1S/C25H27F2N3O6S/c1-12-6-16(26)14(17(27)7-12)8-28-23(33)15-9-30-18-10-29(24(34)20(30)22(32)21(15)31)13(2)4-5-25(18)36-19(35-3)11-37-25/h6-7,9,13,18-19,32H,4-5,8,10-11H2,1-3H3,(H,28,33)/t13-,18+,19-,25+/m0/s1. The molecule has 9 nitrogen and oxygen atoms in total. The number of aromatic nitrogens is 1. The molecule has 3 aliphatic heterocycles. The molecule has 12 heteroatoms. The normalized spacial score (nSPS) is 26.8. The van der Waals surface area contributed by atoms with E-state index in [9.17, 15) is 28.3 Å². The fraction of sp³-hybridized carbons (Fsp3) is 0.480. The van der Waals surface area contributed by atoms with Crippen molar-refractivity contribution < 1.29 is 33.0 Å². The summed E-state index contributed by atoms with van der Waals surface area (Å²) in [5.74, 6) is -3.40. The zero-order valence-corrected chi connectivity index (χ0v) is 21.4. The Labute approximate surface area is 215 Å². The van der Waals surface area contributed by atoms with Gasteiger partial charge in [-0.25, -0.2) is 8.78 Å². The minimum Gasteiger partial charge on any atom is -0.503 e. The van der Waals surface area contributed by atoms with Gasteiger partial charge in [-0.1, -0.05) is 0 Å². The minimum absolute atomic E-state index is 0.161. The van der Waals surface area contributed by atoms with Crippen molar-refractivity contribution in [2.45, 2.75) is 56.5 Å². The lowest BCUT2D eigenvalue weighted by Gasteiger charge is -2.42. The number of hydrogen-bond acceptors (Lipinski definition) is 7. The van der Waals surface area contributed by atoms with Crippen molar-refractivity contribution >= 4 is 23.6 Å². The van der Waals surface area contributed by atoms with Gasteiger partial charge in [0.15, 0.2) is 17.7 Å². The van der Waals surface area contributed by atoms with Crippen LogP contribution >= 0.6 is 11.8 Å². The molecule has 2 aromatic rings. The Morgan fingerprint density at radius 3 is 2.68 bits per heavy atom. The van der Waals surface area contributed by atoms with Crippen molar-refractivity contribution in [3.8, 4) is 5.75 Å². The highest BCUT2D eigenvalue weighted by atomic mass is 32.2. The number of amides is 2. The van der Waals surface area contributed by atoms with Gasteiger partial charge in [0, 0.05) is 43.8 Å². The van der Waals surface area contributed by atoms with Crippen molar-refractivity contribution in [2.24, 2.45) is 0 Å². The molecular formula is C25H27F2N3O6S. The Morgan fingerprint density at radius 1 is 1.32 bits per heavy atom. The second kappa shape index (κ2) is 9.41. The summed E-state index contributed by atoms with van der Waals surface area (Å²) < 4.78 is 41.6. The minimum atomic E-state index is -1.04. The van der Waals surface area contributed by atoms with Crippen molar-refractivity contribution in [3.05, 3.63) is 62.6 Å². The van der Waals surface area contributed by atoms with Gasteiger partial charge in [-0.05, 0) is 44.4 Å². The first-order valence-corrected chi connectivity index (χ1v) is 12.9. The third-order valence-corrected chi connectivity index (χ3v) is 8.84. The van der Waals surface area contributed by atoms with E-state index < -0.39 is 64.0 Å². The predicted octanol–water partition coefficient (Wildman–Crippen LogP) is 2.68. The Kier molecular flexibility index (Phi) is 6.53. The number of carbonyl (C=O) groups is 2. The molecule has 3 aliphatic rings. The van der Waals surface area contributed by atoms with E-state index in [1.54, 1.807) is 12.0 Å². The number of thioether (sulfide) groups is 1. The number of halogens is 2. The Balaban J connectivity index is 1.55.